The molecular weight excluding hydrogens is 775 g/mol. The fraction of sp³-hybridized carbons (Fsp3) is 0.0492. The van der Waals surface area contributed by atoms with Crippen LogP contribution in [0.3, 0.4) is 0 Å². The first-order chi connectivity index (χ1) is 31.5. The third-order valence-corrected chi connectivity index (χ3v) is 13.8. The van der Waals surface area contributed by atoms with Crippen molar-refractivity contribution in [3.05, 3.63) is 223 Å². The van der Waals surface area contributed by atoms with E-state index in [0.717, 1.165) is 55.9 Å². The van der Waals surface area contributed by atoms with Gasteiger partial charge in [-0.2, -0.15) is 0 Å². The van der Waals surface area contributed by atoms with Gasteiger partial charge in [-0.15, -0.1) is 0 Å². The standard InChI is InChI=1S/C61H41N3/c1-61(2)53-27-13-10-25-50(53)59-51(26-16-28-54(59)61)56-37-55(38-17-4-3-5-18-38)62-60(63-56)41-33-40(34-42(35-41)64-57-29-14-11-23-48(57)49-24-12-15-30-58(49)64)39-31-32-47-45-21-7-6-19-43(45)44-20-8-9-22-46(44)52(47)36-39/h3-37H,1-2H3. The molecule has 0 N–H and O–H groups in total. The van der Waals surface area contributed by atoms with Crippen LogP contribution in [0.1, 0.15) is 25.0 Å². The van der Waals surface area contributed by atoms with Gasteiger partial charge in [0, 0.05) is 38.6 Å². The Balaban J connectivity index is 1.10. The number of fused-ring (bicyclic) bond motifs is 12. The van der Waals surface area contributed by atoms with Crippen LogP contribution in [-0.2, 0) is 5.41 Å². The van der Waals surface area contributed by atoms with E-state index in [1.807, 2.05) is 0 Å². The molecule has 0 fully saturated rings. The largest absolute Gasteiger partial charge is 0.309 e. The highest BCUT2D eigenvalue weighted by molar-refractivity contribution is 6.25. The van der Waals surface area contributed by atoms with Gasteiger partial charge in [0.25, 0.3) is 0 Å². The second-order valence-electron chi connectivity index (χ2n) is 17.7. The summed E-state index contributed by atoms with van der Waals surface area (Å²) >= 11 is 0. The third-order valence-electron chi connectivity index (χ3n) is 13.8. The third kappa shape index (κ3) is 5.47. The van der Waals surface area contributed by atoms with Crippen LogP contribution in [0.5, 0.6) is 0 Å². The van der Waals surface area contributed by atoms with E-state index in [1.54, 1.807) is 0 Å². The Labute approximate surface area is 371 Å². The van der Waals surface area contributed by atoms with Crippen molar-refractivity contribution in [1.82, 2.24) is 14.5 Å². The van der Waals surface area contributed by atoms with Crippen LogP contribution in [0.4, 0.5) is 0 Å². The summed E-state index contributed by atoms with van der Waals surface area (Å²) < 4.78 is 2.41. The highest BCUT2D eigenvalue weighted by Crippen LogP contribution is 2.52. The highest BCUT2D eigenvalue weighted by Gasteiger charge is 2.37. The van der Waals surface area contributed by atoms with Gasteiger partial charge in [0.05, 0.1) is 22.4 Å². The van der Waals surface area contributed by atoms with Crippen molar-refractivity contribution in [1.29, 1.82) is 0 Å². The molecule has 2 aromatic heterocycles. The maximum Gasteiger partial charge on any atom is 0.160 e. The zero-order valence-electron chi connectivity index (χ0n) is 35.5. The van der Waals surface area contributed by atoms with Crippen molar-refractivity contribution in [2.45, 2.75) is 19.3 Å². The van der Waals surface area contributed by atoms with Crippen molar-refractivity contribution in [2.75, 3.05) is 0 Å². The molecule has 300 valence electrons. The molecule has 10 aromatic carbocycles. The van der Waals surface area contributed by atoms with Gasteiger partial charge in [0.15, 0.2) is 5.82 Å². The molecule has 0 amide bonds. The summed E-state index contributed by atoms with van der Waals surface area (Å²) in [5, 5.41) is 9.98. The fourth-order valence-corrected chi connectivity index (χ4v) is 10.8. The van der Waals surface area contributed by atoms with Gasteiger partial charge in [-0.1, -0.05) is 184 Å². The molecule has 64 heavy (non-hydrogen) atoms. The van der Waals surface area contributed by atoms with Crippen molar-refractivity contribution in [2.24, 2.45) is 0 Å². The van der Waals surface area contributed by atoms with Crippen LogP contribution in [0, 0.1) is 0 Å². The number of hydrogen-bond donors (Lipinski definition) is 0. The molecule has 0 saturated carbocycles. The molecule has 0 bridgehead atoms. The van der Waals surface area contributed by atoms with E-state index in [1.165, 1.54) is 65.3 Å². The predicted molar refractivity (Wildman–Crippen MR) is 268 cm³/mol. The van der Waals surface area contributed by atoms with E-state index in [-0.39, 0.29) is 5.41 Å². The first kappa shape index (κ1) is 36.5. The zero-order valence-corrected chi connectivity index (χ0v) is 35.5. The molecule has 2 heterocycles. The maximum atomic E-state index is 5.58. The number of benzene rings is 10. The average Bonchev–Trinajstić information content (AvgIpc) is 3.82. The van der Waals surface area contributed by atoms with E-state index in [0.29, 0.717) is 5.82 Å². The van der Waals surface area contributed by atoms with Crippen molar-refractivity contribution in [3.63, 3.8) is 0 Å². The van der Waals surface area contributed by atoms with Crippen molar-refractivity contribution in [3.8, 4) is 61.8 Å². The summed E-state index contributed by atoms with van der Waals surface area (Å²) in [5.74, 6) is 0.681. The first-order valence-corrected chi connectivity index (χ1v) is 22.2. The lowest BCUT2D eigenvalue weighted by Gasteiger charge is -2.21. The summed E-state index contributed by atoms with van der Waals surface area (Å²) in [4.78, 5) is 11.0. The summed E-state index contributed by atoms with van der Waals surface area (Å²) in [6.07, 6.45) is 0. The summed E-state index contributed by atoms with van der Waals surface area (Å²) in [6, 6.07) is 77.3. The Morgan fingerprint density at radius 1 is 0.344 bits per heavy atom. The van der Waals surface area contributed by atoms with Crippen LogP contribution < -0.4 is 0 Å². The molecule has 0 aliphatic heterocycles. The Morgan fingerprint density at radius 3 is 1.58 bits per heavy atom. The molecule has 1 aliphatic carbocycles. The van der Waals surface area contributed by atoms with Crippen LogP contribution in [0.15, 0.2) is 212 Å². The van der Waals surface area contributed by atoms with Crippen LogP contribution in [-0.4, -0.2) is 14.5 Å². The minimum Gasteiger partial charge on any atom is -0.309 e. The number of para-hydroxylation sites is 2. The monoisotopic (exact) mass is 815 g/mol. The van der Waals surface area contributed by atoms with Gasteiger partial charge >= 0.3 is 0 Å². The van der Waals surface area contributed by atoms with E-state index in [9.17, 15) is 0 Å². The molecular formula is C61H41N3. The second kappa shape index (κ2) is 13.9. The van der Waals surface area contributed by atoms with Crippen molar-refractivity contribution >= 4 is 54.1 Å². The first-order valence-electron chi connectivity index (χ1n) is 22.2. The predicted octanol–water partition coefficient (Wildman–Crippen LogP) is 16.0. The van der Waals surface area contributed by atoms with Gasteiger partial charge in [-0.25, -0.2) is 9.97 Å². The van der Waals surface area contributed by atoms with Crippen LogP contribution >= 0.6 is 0 Å². The smallest absolute Gasteiger partial charge is 0.160 e. The zero-order chi connectivity index (χ0) is 42.5. The number of rotatable bonds is 5. The van der Waals surface area contributed by atoms with Crippen LogP contribution in [0.25, 0.3) is 116 Å². The van der Waals surface area contributed by atoms with Gasteiger partial charge in [-0.05, 0) is 108 Å². The summed E-state index contributed by atoms with van der Waals surface area (Å²) in [7, 11) is 0. The second-order valence-corrected chi connectivity index (χ2v) is 17.7. The molecule has 0 spiro atoms. The Bertz CT molecular complexity index is 3790. The van der Waals surface area contributed by atoms with Gasteiger partial charge in [-0.3, -0.25) is 0 Å². The number of nitrogens with zero attached hydrogens (tertiary/aromatic N) is 3. The molecule has 0 unspecified atom stereocenters. The van der Waals surface area contributed by atoms with Crippen LogP contribution in [0.2, 0.25) is 0 Å². The Morgan fingerprint density at radius 2 is 0.875 bits per heavy atom. The minimum absolute atomic E-state index is 0.136. The quantitative estimate of drug-likeness (QED) is 0.162. The Kier molecular flexibility index (Phi) is 7.95. The molecule has 13 rings (SSSR count). The van der Waals surface area contributed by atoms with Gasteiger partial charge in [0.2, 0.25) is 0 Å². The van der Waals surface area contributed by atoms with Crippen molar-refractivity contribution < 1.29 is 0 Å². The topological polar surface area (TPSA) is 30.7 Å². The number of hydrogen-bond acceptors (Lipinski definition) is 2. The molecule has 0 atom stereocenters. The molecule has 12 aromatic rings. The maximum absolute atomic E-state index is 5.58. The molecule has 1 aliphatic rings. The normalized spacial score (nSPS) is 13.0. The SMILES string of the molecule is CC1(C)c2ccccc2-c2c(-c3cc(-c4ccccc4)nc(-c4cc(-c5ccc6c7ccccc7c7ccccc7c6c5)cc(-n5c6ccccc6c6ccccc65)c4)n3)cccc21. The summed E-state index contributed by atoms with van der Waals surface area (Å²) in [6.45, 7) is 4.67. The highest BCUT2D eigenvalue weighted by atomic mass is 15.0. The molecule has 0 saturated heterocycles. The van der Waals surface area contributed by atoms with E-state index < -0.39 is 0 Å². The molecule has 3 nitrogen and oxygen atoms in total. The fourth-order valence-electron chi connectivity index (χ4n) is 10.8. The molecule has 3 heteroatoms. The van der Waals surface area contributed by atoms with E-state index >= 15 is 0 Å². The lowest BCUT2D eigenvalue weighted by molar-refractivity contribution is 0.660. The van der Waals surface area contributed by atoms with E-state index in [4.69, 9.17) is 9.97 Å². The lowest BCUT2D eigenvalue weighted by atomic mass is 9.82. The summed E-state index contributed by atoms with van der Waals surface area (Å²) in [5.41, 5.74) is 15.6. The average molecular weight is 816 g/mol. The van der Waals surface area contributed by atoms with Gasteiger partial charge in [0.1, 0.15) is 0 Å². The molecule has 0 radical (unpaired) electrons. The Hall–Kier alpha value is -8.14. The van der Waals surface area contributed by atoms with E-state index in [2.05, 4.69) is 231 Å². The number of aromatic nitrogens is 3. The van der Waals surface area contributed by atoms with Gasteiger partial charge < -0.3 is 4.57 Å². The minimum atomic E-state index is -0.136. The lowest BCUT2D eigenvalue weighted by Crippen LogP contribution is -2.14.